The fourth-order valence-corrected chi connectivity index (χ4v) is 6.29. The van der Waals surface area contributed by atoms with Crippen LogP contribution >= 0.6 is 0 Å². The van der Waals surface area contributed by atoms with Crippen molar-refractivity contribution in [3.63, 3.8) is 0 Å². The number of amides is 2. The zero-order valence-electron chi connectivity index (χ0n) is 26.4. The van der Waals surface area contributed by atoms with E-state index in [1.165, 1.54) is 6.42 Å². The number of hydrogen-bond donors (Lipinski definition) is 2. The maximum absolute atomic E-state index is 14.0. The third-order valence-corrected chi connectivity index (χ3v) is 9.06. The molecule has 3 heterocycles. The molecule has 12 heteroatoms. The highest BCUT2D eigenvalue weighted by atomic mass is 16.5. The fraction of sp³-hybridized carbons (Fsp3) is 0.871. The number of nitrogens with zero attached hydrogens (tertiary/aromatic N) is 5. The number of nitriles is 1. The Kier molecular flexibility index (Phi) is 13.3. The molecule has 0 unspecified atom stereocenters. The molecule has 3 saturated heterocycles. The molecular weight excluding hydrogens is 550 g/mol. The first-order valence-corrected chi connectivity index (χ1v) is 16.5. The van der Waals surface area contributed by atoms with Gasteiger partial charge < -0.3 is 29.3 Å². The molecule has 2 N–H and O–H groups in total. The predicted octanol–water partition coefficient (Wildman–Crippen LogP) is 2.45. The van der Waals surface area contributed by atoms with Crippen LogP contribution in [0, 0.1) is 23.2 Å². The summed E-state index contributed by atoms with van der Waals surface area (Å²) in [5.74, 6) is 0.688. The molecule has 3 aliphatic heterocycles. The molecular formula is C31H55N7O5. The molecule has 12 nitrogen and oxygen atoms in total. The van der Waals surface area contributed by atoms with Gasteiger partial charge in [0.1, 0.15) is 11.6 Å². The molecule has 1 aliphatic carbocycles. The van der Waals surface area contributed by atoms with Gasteiger partial charge in [-0.1, -0.05) is 46.0 Å². The van der Waals surface area contributed by atoms with Crippen LogP contribution in [-0.4, -0.2) is 130 Å². The van der Waals surface area contributed by atoms with Crippen molar-refractivity contribution >= 4 is 18.0 Å². The van der Waals surface area contributed by atoms with E-state index in [2.05, 4.69) is 26.5 Å². The van der Waals surface area contributed by atoms with E-state index in [1.807, 2.05) is 18.7 Å². The highest BCUT2D eigenvalue weighted by Gasteiger charge is 2.38. The number of likely N-dealkylation sites (tertiary alicyclic amines) is 1. The first kappa shape index (κ1) is 33.4. The second-order valence-electron chi connectivity index (χ2n) is 12.9. The molecule has 1 atom stereocenters. The molecule has 4 rings (SSSR count). The molecule has 4 aliphatic rings. The van der Waals surface area contributed by atoms with Crippen LogP contribution in [-0.2, 0) is 19.0 Å². The summed E-state index contributed by atoms with van der Waals surface area (Å²) in [6.07, 6.45) is 6.84. The van der Waals surface area contributed by atoms with E-state index in [0.29, 0.717) is 64.1 Å². The molecule has 2 amide bonds. The first-order valence-electron chi connectivity index (χ1n) is 16.5. The van der Waals surface area contributed by atoms with Gasteiger partial charge in [-0.25, -0.2) is 9.79 Å². The fourth-order valence-electron chi connectivity index (χ4n) is 6.29. The monoisotopic (exact) mass is 605 g/mol. The largest absolute Gasteiger partial charge is 0.449 e. The topological polar surface area (TPSA) is 132 Å². The Balaban J connectivity index is 0.00000529. The van der Waals surface area contributed by atoms with Gasteiger partial charge in [0.25, 0.3) is 0 Å². The van der Waals surface area contributed by atoms with Crippen molar-refractivity contribution in [3.05, 3.63) is 0 Å². The number of aliphatic imine (C=N–C) groups is 1. The number of carbonyl (C=O) groups is 2. The minimum atomic E-state index is -0.921. The van der Waals surface area contributed by atoms with E-state index >= 15 is 0 Å². The SMILES string of the molecule is CC(C)COC(=O)NC(=N[C@@H](CC1CCCCC1)C(=O)NC1(C#N)CCN(CCN2CCOCC2)CC1)N1CCOCC1.[HH]. The lowest BCUT2D eigenvalue weighted by molar-refractivity contribution is -0.124. The van der Waals surface area contributed by atoms with Gasteiger partial charge in [0.15, 0.2) is 0 Å². The van der Waals surface area contributed by atoms with Crippen LogP contribution in [0.1, 0.15) is 66.6 Å². The minimum absolute atomic E-state index is 0. The van der Waals surface area contributed by atoms with Crippen molar-refractivity contribution in [2.45, 2.75) is 76.8 Å². The van der Waals surface area contributed by atoms with E-state index in [0.717, 1.165) is 78.2 Å². The summed E-state index contributed by atoms with van der Waals surface area (Å²) < 4.78 is 16.4. The van der Waals surface area contributed by atoms with E-state index in [-0.39, 0.29) is 13.3 Å². The summed E-state index contributed by atoms with van der Waals surface area (Å²) in [5.41, 5.74) is -0.921. The van der Waals surface area contributed by atoms with Crippen molar-refractivity contribution in [1.29, 1.82) is 5.26 Å². The van der Waals surface area contributed by atoms with Crippen molar-refractivity contribution in [1.82, 2.24) is 25.3 Å². The van der Waals surface area contributed by atoms with Gasteiger partial charge in [0.05, 0.1) is 39.1 Å². The molecule has 0 aromatic carbocycles. The van der Waals surface area contributed by atoms with E-state index in [9.17, 15) is 14.9 Å². The average molecular weight is 606 g/mol. The van der Waals surface area contributed by atoms with Crippen LogP contribution in [0.4, 0.5) is 4.79 Å². The lowest BCUT2D eigenvalue weighted by Gasteiger charge is -2.39. The minimum Gasteiger partial charge on any atom is -0.449 e. The first-order chi connectivity index (χ1) is 20.9. The smallest absolute Gasteiger partial charge is 0.413 e. The third kappa shape index (κ3) is 10.9. The van der Waals surface area contributed by atoms with Gasteiger partial charge in [-0.3, -0.25) is 15.0 Å². The normalized spacial score (nSPS) is 23.4. The Morgan fingerprint density at radius 2 is 1.58 bits per heavy atom. The van der Waals surface area contributed by atoms with Crippen LogP contribution < -0.4 is 10.6 Å². The lowest BCUT2D eigenvalue weighted by Crippen LogP contribution is -2.57. The zero-order chi connectivity index (χ0) is 30.5. The number of nitrogens with one attached hydrogen (secondary N) is 2. The van der Waals surface area contributed by atoms with Crippen molar-refractivity contribution in [3.8, 4) is 6.07 Å². The number of alkyl carbamates (subject to hydrolysis) is 1. The summed E-state index contributed by atoms with van der Waals surface area (Å²) in [6.45, 7) is 13.4. The van der Waals surface area contributed by atoms with Crippen LogP contribution in [0.2, 0.25) is 0 Å². The Morgan fingerprint density at radius 1 is 0.977 bits per heavy atom. The molecule has 43 heavy (non-hydrogen) atoms. The standard InChI is InChI=1S/C31H53N7O5.H2/c1-25(2)23-43-30(40)34-29(38-16-20-42-21-17-38)33-27(22-26-6-4-3-5-7-26)28(39)35-31(24-32)8-10-36(11-9-31)12-13-37-14-18-41-19-15-37;/h25-27H,3-23H2,1-2H3,(H,35,39)(H,33,34,40);1H/t27-;/m0./s1. The molecule has 244 valence electrons. The molecule has 4 fully saturated rings. The Morgan fingerprint density at radius 3 is 2.19 bits per heavy atom. The van der Waals surface area contributed by atoms with Gasteiger partial charge in [-0.2, -0.15) is 5.26 Å². The maximum atomic E-state index is 14.0. The third-order valence-electron chi connectivity index (χ3n) is 9.06. The van der Waals surface area contributed by atoms with Gasteiger partial charge in [-0.15, -0.1) is 0 Å². The molecule has 0 radical (unpaired) electrons. The number of morpholine rings is 2. The Hall–Kier alpha value is -2.46. The highest BCUT2D eigenvalue weighted by molar-refractivity contribution is 5.96. The van der Waals surface area contributed by atoms with Crippen LogP contribution in [0.25, 0.3) is 0 Å². The average Bonchev–Trinajstić information content (AvgIpc) is 3.04. The number of rotatable bonds is 10. The maximum Gasteiger partial charge on any atom is 0.413 e. The zero-order valence-corrected chi connectivity index (χ0v) is 26.4. The van der Waals surface area contributed by atoms with Crippen LogP contribution in [0.5, 0.6) is 0 Å². The van der Waals surface area contributed by atoms with Gasteiger partial charge in [-0.05, 0) is 31.1 Å². The van der Waals surface area contributed by atoms with Crippen LogP contribution in [0.3, 0.4) is 0 Å². The molecule has 0 aromatic heterocycles. The van der Waals surface area contributed by atoms with Crippen molar-refractivity contribution in [2.75, 3.05) is 85.4 Å². The Labute approximate surface area is 258 Å². The number of piperidine rings is 1. The molecule has 0 bridgehead atoms. The van der Waals surface area contributed by atoms with E-state index < -0.39 is 17.7 Å². The van der Waals surface area contributed by atoms with E-state index in [4.69, 9.17) is 19.2 Å². The highest BCUT2D eigenvalue weighted by Crippen LogP contribution is 2.29. The predicted molar refractivity (Wildman–Crippen MR) is 166 cm³/mol. The second kappa shape index (κ2) is 17.1. The summed E-state index contributed by atoms with van der Waals surface area (Å²) in [4.78, 5) is 38.4. The quantitative estimate of drug-likeness (QED) is 0.285. The number of ether oxygens (including phenoxy) is 3. The molecule has 0 spiro atoms. The summed E-state index contributed by atoms with van der Waals surface area (Å²) in [5, 5.41) is 16.3. The molecule has 1 saturated carbocycles. The van der Waals surface area contributed by atoms with Crippen molar-refractivity contribution < 1.29 is 25.2 Å². The summed E-state index contributed by atoms with van der Waals surface area (Å²) in [7, 11) is 0. The summed E-state index contributed by atoms with van der Waals surface area (Å²) >= 11 is 0. The lowest BCUT2D eigenvalue weighted by atomic mass is 9.84. The number of guanidine groups is 1. The number of carbonyl (C=O) groups excluding carboxylic acids is 2. The van der Waals surface area contributed by atoms with Crippen molar-refractivity contribution in [2.24, 2.45) is 16.8 Å². The summed E-state index contributed by atoms with van der Waals surface area (Å²) in [6, 6.07) is 1.75. The van der Waals surface area contributed by atoms with E-state index in [1.54, 1.807) is 0 Å². The van der Waals surface area contributed by atoms with Crippen LogP contribution in [0.15, 0.2) is 4.99 Å². The Bertz CT molecular complexity index is 952. The second-order valence-corrected chi connectivity index (χ2v) is 12.9. The van der Waals surface area contributed by atoms with Gasteiger partial charge >= 0.3 is 6.09 Å². The van der Waals surface area contributed by atoms with Gasteiger partial charge in [0.2, 0.25) is 11.9 Å². The van der Waals surface area contributed by atoms with Gasteiger partial charge in [0, 0.05) is 53.8 Å². The number of hydrogen-bond acceptors (Lipinski definition) is 9. The molecule has 0 aromatic rings.